The van der Waals surface area contributed by atoms with Gasteiger partial charge in [-0.25, -0.2) is 13.1 Å². The number of aromatic nitrogens is 2. The van der Waals surface area contributed by atoms with Crippen molar-refractivity contribution in [1.82, 2.24) is 9.78 Å². The van der Waals surface area contributed by atoms with Crippen molar-refractivity contribution in [1.29, 1.82) is 0 Å². The van der Waals surface area contributed by atoms with Crippen LogP contribution in [0.2, 0.25) is 15.1 Å². The summed E-state index contributed by atoms with van der Waals surface area (Å²) in [6, 6.07) is 2.70. The van der Waals surface area contributed by atoms with Crippen molar-refractivity contribution in [2.45, 2.75) is 8.81 Å². The van der Waals surface area contributed by atoms with Gasteiger partial charge in [0.1, 0.15) is 21.3 Å². The van der Waals surface area contributed by atoms with Gasteiger partial charge in [0.2, 0.25) is 9.84 Å². The van der Waals surface area contributed by atoms with Crippen molar-refractivity contribution in [3.05, 3.63) is 39.1 Å². The van der Waals surface area contributed by atoms with E-state index >= 15 is 0 Å². The first-order valence-corrected chi connectivity index (χ1v) is 9.50. The fourth-order valence-electron chi connectivity index (χ4n) is 1.72. The fraction of sp³-hybridized carbons (Fsp3) is 0.0909. The maximum atomic E-state index is 13.7. The molecule has 0 bridgehead atoms. The van der Waals surface area contributed by atoms with Crippen LogP contribution in [0.4, 0.5) is 4.39 Å². The molecule has 24 heavy (non-hydrogen) atoms. The lowest BCUT2D eigenvalue weighted by molar-refractivity contribution is 0.469. The summed E-state index contributed by atoms with van der Waals surface area (Å²) in [5.41, 5.74) is 5.10. The summed E-state index contributed by atoms with van der Waals surface area (Å²) < 4.78 is 35.3. The first kappa shape index (κ1) is 20.0. The van der Waals surface area contributed by atoms with Gasteiger partial charge in [-0.05, 0) is 35.3 Å². The van der Waals surface area contributed by atoms with Crippen molar-refractivity contribution in [2.24, 2.45) is 5.73 Å². The van der Waals surface area contributed by atoms with Crippen molar-refractivity contribution >= 4 is 85.0 Å². The van der Waals surface area contributed by atoms with Gasteiger partial charge in [0.25, 0.3) is 0 Å². The molecule has 2 aromatic rings. The van der Waals surface area contributed by atoms with E-state index < -0.39 is 29.3 Å². The summed E-state index contributed by atoms with van der Waals surface area (Å²) in [5, 5.41) is 4.23. The molecule has 130 valence electrons. The van der Waals surface area contributed by atoms with Crippen LogP contribution in [0, 0.1) is 0 Å². The van der Waals surface area contributed by atoms with Crippen LogP contribution in [-0.4, -0.2) is 27.1 Å². The summed E-state index contributed by atoms with van der Waals surface area (Å²) in [4.78, 5) is -1.14. The molecular formula is C11H5Cl5FN3O2S2. The minimum Gasteiger partial charge on any atom is -0.388 e. The number of hydrogen-bond acceptors (Lipinski definition) is 4. The normalized spacial score (nSPS) is 12.4. The highest BCUT2D eigenvalue weighted by Crippen LogP contribution is 2.38. The van der Waals surface area contributed by atoms with Crippen LogP contribution in [0.5, 0.6) is 0 Å². The Morgan fingerprint density at radius 3 is 2.17 bits per heavy atom. The molecule has 5 nitrogen and oxygen atoms in total. The number of sulfone groups is 1. The van der Waals surface area contributed by atoms with E-state index in [1.54, 1.807) is 0 Å². The zero-order chi connectivity index (χ0) is 18.4. The molecule has 2 rings (SSSR count). The SMILES string of the molecule is NC(=S)c1nn(-c2c(Cl)cc(Cl)cc2Cl)cc1S(=O)(=O)C(F)(Cl)Cl. The maximum absolute atomic E-state index is 13.7. The minimum atomic E-state index is -4.87. The molecular weight excluding hydrogens is 467 g/mol. The van der Waals surface area contributed by atoms with E-state index in [9.17, 15) is 12.8 Å². The van der Waals surface area contributed by atoms with Gasteiger partial charge in [-0.15, -0.1) is 0 Å². The number of hydrogen-bond donors (Lipinski definition) is 1. The van der Waals surface area contributed by atoms with Gasteiger partial charge in [-0.3, -0.25) is 0 Å². The number of alkyl halides is 3. The van der Waals surface area contributed by atoms with Crippen LogP contribution in [0.3, 0.4) is 0 Å². The van der Waals surface area contributed by atoms with Crippen LogP contribution < -0.4 is 5.73 Å². The molecule has 1 heterocycles. The molecule has 0 saturated carbocycles. The van der Waals surface area contributed by atoms with Crippen LogP contribution in [0.1, 0.15) is 5.69 Å². The number of halogens is 6. The Kier molecular flexibility index (Phi) is 5.62. The molecule has 0 aliphatic rings. The highest BCUT2D eigenvalue weighted by Gasteiger charge is 2.44. The third kappa shape index (κ3) is 3.60. The molecule has 13 heteroatoms. The molecule has 0 aliphatic heterocycles. The monoisotopic (exact) mass is 469 g/mol. The van der Waals surface area contributed by atoms with E-state index in [2.05, 4.69) is 5.10 Å². The van der Waals surface area contributed by atoms with Crippen molar-refractivity contribution < 1.29 is 12.8 Å². The first-order valence-electron chi connectivity index (χ1n) is 5.72. The Labute approximate surface area is 166 Å². The van der Waals surface area contributed by atoms with Crippen molar-refractivity contribution in [2.75, 3.05) is 0 Å². The third-order valence-corrected chi connectivity index (χ3v) is 6.41. The number of nitrogens with zero attached hydrogens (tertiary/aromatic N) is 2. The summed E-state index contributed by atoms with van der Waals surface area (Å²) in [7, 11) is -4.87. The Morgan fingerprint density at radius 2 is 1.75 bits per heavy atom. The largest absolute Gasteiger partial charge is 0.388 e. The standard InChI is InChI=1S/C11H5Cl5FN3O2S2/c12-4-1-5(13)9(6(14)2-4)20-3-7(8(19-20)10(18)23)24(21,22)11(15,16)17/h1-3H,(H2,18,23). The van der Waals surface area contributed by atoms with Crippen LogP contribution in [-0.2, 0) is 9.84 Å². The molecule has 1 aromatic heterocycles. The molecule has 1 aromatic carbocycles. The quantitative estimate of drug-likeness (QED) is 0.531. The number of benzene rings is 1. The topological polar surface area (TPSA) is 78.0 Å². The summed E-state index contributed by atoms with van der Waals surface area (Å²) in [6.07, 6.45) is 0.893. The molecule has 0 unspecified atom stereocenters. The minimum absolute atomic E-state index is 0.0525. The molecule has 0 spiro atoms. The summed E-state index contributed by atoms with van der Waals surface area (Å²) >= 11 is 32.8. The highest BCUT2D eigenvalue weighted by molar-refractivity contribution is 7.95. The zero-order valence-electron chi connectivity index (χ0n) is 11.1. The Morgan fingerprint density at radius 1 is 1.25 bits per heavy atom. The van der Waals surface area contributed by atoms with Crippen molar-refractivity contribution in [3.63, 3.8) is 0 Å². The fourth-order valence-corrected chi connectivity index (χ4v) is 4.32. The molecule has 0 radical (unpaired) electrons. The average molecular weight is 472 g/mol. The van der Waals surface area contributed by atoms with E-state index in [4.69, 9.17) is 76.0 Å². The molecule has 0 atom stereocenters. The van der Waals surface area contributed by atoms with Crippen molar-refractivity contribution in [3.8, 4) is 5.69 Å². The Bertz CT molecular complexity index is 917. The van der Waals surface area contributed by atoms with Crippen LogP contribution in [0.25, 0.3) is 5.69 Å². The second kappa shape index (κ2) is 6.75. The summed E-state index contributed by atoms with van der Waals surface area (Å²) in [6.45, 7) is 0. The smallest absolute Gasteiger partial charge is 0.362 e. The van der Waals surface area contributed by atoms with Gasteiger partial charge in [0.05, 0.1) is 16.2 Å². The van der Waals surface area contributed by atoms with Gasteiger partial charge in [0.15, 0.2) is 0 Å². The predicted molar refractivity (Wildman–Crippen MR) is 97.2 cm³/mol. The average Bonchev–Trinajstić information content (AvgIpc) is 2.81. The number of nitrogens with two attached hydrogens (primary N) is 1. The summed E-state index contributed by atoms with van der Waals surface area (Å²) in [5.74, 6) is 0. The predicted octanol–water partition coefficient (Wildman–Crippen LogP) is 4.30. The lowest BCUT2D eigenvalue weighted by atomic mass is 10.3. The van der Waals surface area contributed by atoms with E-state index in [0.717, 1.165) is 10.9 Å². The molecule has 0 saturated heterocycles. The molecule has 2 N–H and O–H groups in total. The maximum Gasteiger partial charge on any atom is 0.362 e. The van der Waals surface area contributed by atoms with Gasteiger partial charge in [0, 0.05) is 5.02 Å². The van der Waals surface area contributed by atoms with E-state index in [0.29, 0.717) is 0 Å². The van der Waals surface area contributed by atoms with E-state index in [1.165, 1.54) is 12.1 Å². The van der Waals surface area contributed by atoms with Gasteiger partial charge in [-0.2, -0.15) is 9.49 Å². The molecule has 0 amide bonds. The second-order valence-electron chi connectivity index (χ2n) is 4.32. The van der Waals surface area contributed by atoms with Crippen LogP contribution in [0.15, 0.2) is 23.2 Å². The van der Waals surface area contributed by atoms with E-state index in [1.807, 2.05) is 0 Å². The molecule has 0 fully saturated rings. The Balaban J connectivity index is 2.79. The highest BCUT2D eigenvalue weighted by atomic mass is 35.5. The first-order chi connectivity index (χ1) is 10.9. The lowest BCUT2D eigenvalue weighted by Gasteiger charge is -2.10. The zero-order valence-corrected chi connectivity index (χ0v) is 16.5. The number of thiocarbonyl (C=S) groups is 1. The third-order valence-electron chi connectivity index (χ3n) is 2.72. The van der Waals surface area contributed by atoms with Gasteiger partial charge < -0.3 is 5.73 Å². The van der Waals surface area contributed by atoms with Gasteiger partial charge >= 0.3 is 3.92 Å². The lowest BCUT2D eigenvalue weighted by Crippen LogP contribution is -2.24. The van der Waals surface area contributed by atoms with E-state index in [-0.39, 0.29) is 20.8 Å². The second-order valence-corrected chi connectivity index (χ2v) is 9.70. The molecule has 0 aliphatic carbocycles. The van der Waals surface area contributed by atoms with Crippen LogP contribution >= 0.6 is 70.2 Å². The Hall–Kier alpha value is -0.350. The number of rotatable bonds is 4. The van der Waals surface area contributed by atoms with Gasteiger partial charge in [-0.1, -0.05) is 47.0 Å².